The zero-order valence-corrected chi connectivity index (χ0v) is 11.7. The van der Waals surface area contributed by atoms with Crippen LogP contribution in [-0.2, 0) is 5.75 Å². The Morgan fingerprint density at radius 3 is 3.17 bits per heavy atom. The molecule has 0 saturated carbocycles. The van der Waals surface area contributed by atoms with Crippen LogP contribution in [0.5, 0.6) is 0 Å². The van der Waals surface area contributed by atoms with Crippen molar-refractivity contribution < 1.29 is 0 Å². The predicted molar refractivity (Wildman–Crippen MR) is 74.4 cm³/mol. The first-order valence-electron chi connectivity index (χ1n) is 5.87. The lowest BCUT2D eigenvalue weighted by Gasteiger charge is -2.26. The van der Waals surface area contributed by atoms with E-state index in [2.05, 4.69) is 15.4 Å². The summed E-state index contributed by atoms with van der Waals surface area (Å²) in [7, 11) is 0. The highest BCUT2D eigenvalue weighted by Crippen LogP contribution is 2.20. The first-order valence-corrected chi connectivity index (χ1v) is 7.84. The fraction of sp³-hybridized carbons (Fsp3) is 0.545. The van der Waals surface area contributed by atoms with E-state index in [9.17, 15) is 4.79 Å². The van der Waals surface area contributed by atoms with Gasteiger partial charge in [0, 0.05) is 17.5 Å². The summed E-state index contributed by atoms with van der Waals surface area (Å²) >= 11 is 3.39. The Labute approximate surface area is 113 Å². The molecule has 5 nitrogen and oxygen atoms in total. The molecule has 7 heteroatoms. The predicted octanol–water partition coefficient (Wildman–Crippen LogP) is 0.912. The third-order valence-electron chi connectivity index (χ3n) is 2.86. The van der Waals surface area contributed by atoms with Crippen molar-refractivity contribution in [2.45, 2.75) is 12.7 Å². The van der Waals surface area contributed by atoms with Gasteiger partial charge in [-0.2, -0.15) is 21.4 Å². The van der Waals surface area contributed by atoms with Crippen molar-refractivity contribution >= 4 is 28.1 Å². The smallest absolute Gasteiger partial charge is 0.275 e. The second-order valence-corrected chi connectivity index (χ2v) is 6.54. The lowest BCUT2D eigenvalue weighted by Crippen LogP contribution is -2.43. The molecule has 1 N–H and O–H groups in total. The molecule has 0 bridgehead atoms. The van der Waals surface area contributed by atoms with E-state index in [1.165, 1.54) is 21.9 Å². The monoisotopic (exact) mass is 282 g/mol. The molecule has 1 aliphatic rings. The summed E-state index contributed by atoms with van der Waals surface area (Å²) in [6, 6.07) is 1.52. The molecule has 1 fully saturated rings. The van der Waals surface area contributed by atoms with Crippen LogP contribution in [-0.4, -0.2) is 33.4 Å². The van der Waals surface area contributed by atoms with Crippen LogP contribution in [0.25, 0.3) is 4.96 Å². The fourth-order valence-corrected chi connectivity index (χ4v) is 3.94. The second kappa shape index (κ2) is 4.99. The number of fused-ring (bicyclic) bond motifs is 1. The standard InChI is InChI=1S/C11H14N4OS2/c1-7-2-10(16)15-11(13-7)18-9(14-15)6-17-5-8-3-12-4-8/h2,8,12H,3-6H2,1H3. The maximum atomic E-state index is 11.7. The number of nitrogens with one attached hydrogen (secondary N) is 1. The quantitative estimate of drug-likeness (QED) is 0.903. The number of rotatable bonds is 4. The molecule has 0 amide bonds. The van der Waals surface area contributed by atoms with E-state index in [0.29, 0.717) is 4.96 Å². The third-order valence-corrected chi connectivity index (χ3v) is 5.14. The van der Waals surface area contributed by atoms with Crippen molar-refractivity contribution in [3.63, 3.8) is 0 Å². The van der Waals surface area contributed by atoms with Crippen molar-refractivity contribution in [1.29, 1.82) is 0 Å². The first-order chi connectivity index (χ1) is 8.72. The van der Waals surface area contributed by atoms with Gasteiger partial charge < -0.3 is 5.32 Å². The van der Waals surface area contributed by atoms with Crippen molar-refractivity contribution in [3.8, 4) is 0 Å². The van der Waals surface area contributed by atoms with Gasteiger partial charge in [0.05, 0.1) is 0 Å². The highest BCUT2D eigenvalue weighted by molar-refractivity contribution is 7.98. The summed E-state index contributed by atoms with van der Waals surface area (Å²) < 4.78 is 1.40. The largest absolute Gasteiger partial charge is 0.316 e. The van der Waals surface area contributed by atoms with E-state index >= 15 is 0 Å². The molecule has 0 radical (unpaired) electrons. The third kappa shape index (κ3) is 2.43. The summed E-state index contributed by atoms with van der Waals surface area (Å²) in [5.41, 5.74) is 0.664. The molecule has 2 aromatic rings. The Morgan fingerprint density at radius 2 is 2.44 bits per heavy atom. The van der Waals surface area contributed by atoms with Gasteiger partial charge in [-0.1, -0.05) is 11.3 Å². The Balaban J connectivity index is 1.72. The van der Waals surface area contributed by atoms with Crippen LogP contribution in [0.3, 0.4) is 0 Å². The molecule has 3 heterocycles. The lowest BCUT2D eigenvalue weighted by atomic mass is 10.1. The molecule has 1 aliphatic heterocycles. The highest BCUT2D eigenvalue weighted by Gasteiger charge is 2.16. The summed E-state index contributed by atoms with van der Waals surface area (Å²) in [6.45, 7) is 4.10. The SMILES string of the molecule is Cc1cc(=O)n2nc(CSCC3CNC3)sc2n1. The number of hydrogen-bond donors (Lipinski definition) is 1. The molecule has 96 valence electrons. The van der Waals surface area contributed by atoms with Gasteiger partial charge in [-0.3, -0.25) is 4.79 Å². The van der Waals surface area contributed by atoms with E-state index < -0.39 is 0 Å². The number of aryl methyl sites for hydroxylation is 1. The van der Waals surface area contributed by atoms with E-state index in [1.54, 1.807) is 0 Å². The zero-order valence-electron chi connectivity index (χ0n) is 10.0. The minimum atomic E-state index is -0.0896. The molecular formula is C11H14N4OS2. The molecule has 18 heavy (non-hydrogen) atoms. The van der Waals surface area contributed by atoms with Crippen LogP contribution in [0.15, 0.2) is 10.9 Å². The van der Waals surface area contributed by atoms with Crippen molar-refractivity contribution in [3.05, 3.63) is 27.1 Å². The van der Waals surface area contributed by atoms with Crippen LogP contribution in [0.2, 0.25) is 0 Å². The highest BCUT2D eigenvalue weighted by atomic mass is 32.2. The van der Waals surface area contributed by atoms with Gasteiger partial charge in [-0.15, -0.1) is 0 Å². The number of aromatic nitrogens is 3. The summed E-state index contributed by atoms with van der Waals surface area (Å²) in [5.74, 6) is 2.82. The zero-order chi connectivity index (χ0) is 12.5. The van der Waals surface area contributed by atoms with Gasteiger partial charge in [0.15, 0.2) is 0 Å². The summed E-state index contributed by atoms with van der Waals surface area (Å²) in [5, 5.41) is 8.56. The Morgan fingerprint density at radius 1 is 1.61 bits per heavy atom. The van der Waals surface area contributed by atoms with Gasteiger partial charge in [-0.25, -0.2) is 4.98 Å². The maximum absolute atomic E-state index is 11.7. The van der Waals surface area contributed by atoms with Crippen molar-refractivity contribution in [2.75, 3.05) is 18.8 Å². The minimum Gasteiger partial charge on any atom is -0.316 e. The van der Waals surface area contributed by atoms with Gasteiger partial charge in [-0.05, 0) is 31.7 Å². The molecule has 0 unspecified atom stereocenters. The van der Waals surface area contributed by atoms with Crippen molar-refractivity contribution in [2.24, 2.45) is 5.92 Å². The van der Waals surface area contributed by atoms with Gasteiger partial charge in [0.2, 0.25) is 4.96 Å². The second-order valence-electron chi connectivity index (χ2n) is 4.47. The van der Waals surface area contributed by atoms with Crippen LogP contribution in [0.4, 0.5) is 0 Å². The minimum absolute atomic E-state index is 0.0896. The van der Waals surface area contributed by atoms with E-state index in [0.717, 1.165) is 41.2 Å². The number of nitrogens with zero attached hydrogens (tertiary/aromatic N) is 3. The molecule has 0 atom stereocenters. The van der Waals surface area contributed by atoms with Crippen molar-refractivity contribution in [1.82, 2.24) is 19.9 Å². The van der Waals surface area contributed by atoms with Crippen LogP contribution in [0.1, 0.15) is 10.7 Å². The van der Waals surface area contributed by atoms with Crippen LogP contribution < -0.4 is 10.9 Å². The molecule has 0 aromatic carbocycles. The van der Waals surface area contributed by atoms with Crippen LogP contribution >= 0.6 is 23.1 Å². The molecule has 2 aromatic heterocycles. The average molecular weight is 282 g/mol. The Bertz CT molecular complexity index is 617. The van der Waals surface area contributed by atoms with Gasteiger partial charge in [0.1, 0.15) is 5.01 Å². The molecular weight excluding hydrogens is 268 g/mol. The normalized spacial score (nSPS) is 16.1. The fourth-order valence-electron chi connectivity index (χ4n) is 1.80. The van der Waals surface area contributed by atoms with Gasteiger partial charge >= 0.3 is 0 Å². The number of thioether (sulfide) groups is 1. The summed E-state index contributed by atoms with van der Waals surface area (Å²) in [4.78, 5) is 16.7. The Hall–Kier alpha value is -0.920. The average Bonchev–Trinajstić information content (AvgIpc) is 2.65. The Kier molecular flexibility index (Phi) is 3.36. The molecule has 3 rings (SSSR count). The maximum Gasteiger partial charge on any atom is 0.275 e. The topological polar surface area (TPSA) is 59.3 Å². The molecule has 0 spiro atoms. The van der Waals surface area contributed by atoms with E-state index in [-0.39, 0.29) is 5.56 Å². The molecule has 0 aliphatic carbocycles. The van der Waals surface area contributed by atoms with E-state index in [4.69, 9.17) is 0 Å². The molecule has 1 saturated heterocycles. The van der Waals surface area contributed by atoms with E-state index in [1.807, 2.05) is 18.7 Å². The lowest BCUT2D eigenvalue weighted by molar-refractivity contribution is 0.385. The first kappa shape index (κ1) is 12.1. The summed E-state index contributed by atoms with van der Waals surface area (Å²) in [6.07, 6.45) is 0. The van der Waals surface area contributed by atoms with Gasteiger partial charge in [0.25, 0.3) is 5.56 Å². The van der Waals surface area contributed by atoms with Crippen LogP contribution in [0, 0.1) is 12.8 Å². The number of hydrogen-bond acceptors (Lipinski definition) is 6.